The SMILES string of the molecule is Nc1cccc(OCCNc2nccn(C3CC3)c2=O)c1. The van der Waals surface area contributed by atoms with Crippen LogP contribution in [0, 0.1) is 0 Å². The zero-order valence-corrected chi connectivity index (χ0v) is 11.7. The lowest BCUT2D eigenvalue weighted by Gasteiger charge is -2.09. The molecule has 0 spiro atoms. The van der Waals surface area contributed by atoms with E-state index in [0.29, 0.717) is 36.4 Å². The smallest absolute Gasteiger partial charge is 0.293 e. The second-order valence-electron chi connectivity index (χ2n) is 5.07. The summed E-state index contributed by atoms with van der Waals surface area (Å²) in [6.07, 6.45) is 5.54. The Morgan fingerprint density at radius 1 is 1.43 bits per heavy atom. The van der Waals surface area contributed by atoms with E-state index in [1.807, 2.05) is 12.1 Å². The lowest BCUT2D eigenvalue weighted by atomic mass is 10.3. The average Bonchev–Trinajstić information content (AvgIpc) is 3.30. The van der Waals surface area contributed by atoms with Crippen molar-refractivity contribution < 1.29 is 4.74 Å². The van der Waals surface area contributed by atoms with Gasteiger partial charge in [-0.25, -0.2) is 4.98 Å². The van der Waals surface area contributed by atoms with Gasteiger partial charge in [0.2, 0.25) is 0 Å². The molecular weight excluding hydrogens is 268 g/mol. The first-order chi connectivity index (χ1) is 10.2. The van der Waals surface area contributed by atoms with Crippen molar-refractivity contribution in [1.82, 2.24) is 9.55 Å². The predicted molar refractivity (Wildman–Crippen MR) is 81.6 cm³/mol. The van der Waals surface area contributed by atoms with Crippen LogP contribution in [0.2, 0.25) is 0 Å². The van der Waals surface area contributed by atoms with Crippen LogP contribution < -0.4 is 21.3 Å². The highest BCUT2D eigenvalue weighted by Gasteiger charge is 2.25. The topological polar surface area (TPSA) is 82.2 Å². The van der Waals surface area contributed by atoms with Crippen molar-refractivity contribution in [1.29, 1.82) is 0 Å². The van der Waals surface area contributed by atoms with E-state index in [2.05, 4.69) is 10.3 Å². The first-order valence-electron chi connectivity index (χ1n) is 7.03. The molecule has 1 heterocycles. The van der Waals surface area contributed by atoms with Gasteiger partial charge in [-0.2, -0.15) is 0 Å². The second kappa shape index (κ2) is 5.87. The van der Waals surface area contributed by atoms with E-state index in [1.165, 1.54) is 0 Å². The van der Waals surface area contributed by atoms with Gasteiger partial charge in [-0.05, 0) is 25.0 Å². The summed E-state index contributed by atoms with van der Waals surface area (Å²) in [4.78, 5) is 16.2. The summed E-state index contributed by atoms with van der Waals surface area (Å²) in [5.41, 5.74) is 6.27. The fourth-order valence-corrected chi connectivity index (χ4v) is 2.13. The molecule has 3 N–H and O–H groups in total. The number of benzene rings is 1. The zero-order valence-electron chi connectivity index (χ0n) is 11.7. The summed E-state index contributed by atoms with van der Waals surface area (Å²) in [6, 6.07) is 7.60. The first-order valence-corrected chi connectivity index (χ1v) is 7.03. The molecule has 0 atom stereocenters. The van der Waals surface area contributed by atoms with Crippen LogP contribution in [0.25, 0.3) is 0 Å². The van der Waals surface area contributed by atoms with Gasteiger partial charge >= 0.3 is 0 Å². The van der Waals surface area contributed by atoms with Crippen molar-refractivity contribution in [3.8, 4) is 5.75 Å². The van der Waals surface area contributed by atoms with Crippen molar-refractivity contribution >= 4 is 11.5 Å². The van der Waals surface area contributed by atoms with Crippen molar-refractivity contribution in [2.75, 3.05) is 24.2 Å². The first kappa shape index (κ1) is 13.5. The highest BCUT2D eigenvalue weighted by Crippen LogP contribution is 2.33. The molecule has 1 fully saturated rings. The maximum atomic E-state index is 12.1. The Balaban J connectivity index is 1.54. The minimum absolute atomic E-state index is 0.0658. The molecule has 2 aromatic rings. The van der Waals surface area contributed by atoms with Crippen LogP contribution in [-0.2, 0) is 0 Å². The molecule has 110 valence electrons. The van der Waals surface area contributed by atoms with E-state index < -0.39 is 0 Å². The van der Waals surface area contributed by atoms with E-state index in [9.17, 15) is 4.79 Å². The molecule has 0 aliphatic heterocycles. The molecule has 0 amide bonds. The van der Waals surface area contributed by atoms with Gasteiger partial charge in [0, 0.05) is 30.2 Å². The van der Waals surface area contributed by atoms with Crippen LogP contribution >= 0.6 is 0 Å². The molecule has 0 bridgehead atoms. The summed E-state index contributed by atoms with van der Waals surface area (Å²) in [5, 5.41) is 3.02. The normalized spacial score (nSPS) is 13.9. The van der Waals surface area contributed by atoms with Crippen LogP contribution in [-0.4, -0.2) is 22.7 Å². The van der Waals surface area contributed by atoms with Gasteiger partial charge in [-0.15, -0.1) is 0 Å². The summed E-state index contributed by atoms with van der Waals surface area (Å²) >= 11 is 0. The summed E-state index contributed by atoms with van der Waals surface area (Å²) in [7, 11) is 0. The maximum absolute atomic E-state index is 12.1. The average molecular weight is 286 g/mol. The number of aromatic nitrogens is 2. The summed E-state index contributed by atoms with van der Waals surface area (Å²) in [5.74, 6) is 1.09. The van der Waals surface area contributed by atoms with Gasteiger partial charge in [-0.1, -0.05) is 6.07 Å². The molecule has 1 aliphatic carbocycles. The van der Waals surface area contributed by atoms with Crippen LogP contribution in [0.5, 0.6) is 5.75 Å². The number of anilines is 2. The molecule has 1 saturated carbocycles. The number of nitrogens with two attached hydrogens (primary N) is 1. The quantitative estimate of drug-likeness (QED) is 0.623. The Bertz CT molecular complexity index is 679. The third-order valence-corrected chi connectivity index (χ3v) is 3.33. The summed E-state index contributed by atoms with van der Waals surface area (Å²) < 4.78 is 7.30. The van der Waals surface area contributed by atoms with Crippen molar-refractivity contribution in [3.05, 3.63) is 47.0 Å². The van der Waals surface area contributed by atoms with Crippen molar-refractivity contribution in [2.45, 2.75) is 18.9 Å². The fourth-order valence-electron chi connectivity index (χ4n) is 2.13. The number of hydrogen-bond donors (Lipinski definition) is 2. The molecule has 3 rings (SSSR count). The van der Waals surface area contributed by atoms with Gasteiger partial charge < -0.3 is 20.4 Å². The highest BCUT2D eigenvalue weighted by molar-refractivity contribution is 5.43. The number of nitrogen functional groups attached to an aromatic ring is 1. The minimum Gasteiger partial charge on any atom is -0.492 e. The zero-order chi connectivity index (χ0) is 14.7. The Morgan fingerprint density at radius 2 is 2.29 bits per heavy atom. The Labute approximate surface area is 122 Å². The van der Waals surface area contributed by atoms with E-state index in [4.69, 9.17) is 10.5 Å². The predicted octanol–water partition coefficient (Wildman–Crippen LogP) is 1.65. The third kappa shape index (κ3) is 3.34. The van der Waals surface area contributed by atoms with Gasteiger partial charge in [0.15, 0.2) is 5.82 Å². The molecule has 1 aliphatic rings. The number of nitrogens with zero attached hydrogens (tertiary/aromatic N) is 2. The van der Waals surface area contributed by atoms with Crippen LogP contribution in [0.1, 0.15) is 18.9 Å². The highest BCUT2D eigenvalue weighted by atomic mass is 16.5. The van der Waals surface area contributed by atoms with Crippen LogP contribution in [0.3, 0.4) is 0 Å². The van der Waals surface area contributed by atoms with Gasteiger partial charge in [0.05, 0.1) is 6.54 Å². The van der Waals surface area contributed by atoms with Gasteiger partial charge in [-0.3, -0.25) is 4.79 Å². The Kier molecular flexibility index (Phi) is 3.77. The Morgan fingerprint density at radius 3 is 3.05 bits per heavy atom. The minimum atomic E-state index is -0.0658. The second-order valence-corrected chi connectivity index (χ2v) is 5.07. The molecule has 21 heavy (non-hydrogen) atoms. The van der Waals surface area contributed by atoms with E-state index in [0.717, 1.165) is 12.8 Å². The largest absolute Gasteiger partial charge is 0.492 e. The number of nitrogens with one attached hydrogen (secondary N) is 1. The molecule has 0 saturated heterocycles. The van der Waals surface area contributed by atoms with Crippen molar-refractivity contribution in [2.24, 2.45) is 0 Å². The molecule has 6 heteroatoms. The lowest BCUT2D eigenvalue weighted by Crippen LogP contribution is -2.25. The van der Waals surface area contributed by atoms with E-state index >= 15 is 0 Å². The standard InChI is InChI=1S/C15H18N4O2/c16-11-2-1-3-13(10-11)21-9-7-18-14-15(20)19(8-6-17-14)12-4-5-12/h1-3,6,8,10,12H,4-5,7,9,16H2,(H,17,18). The molecule has 0 radical (unpaired) electrons. The van der Waals surface area contributed by atoms with Crippen LogP contribution in [0.4, 0.5) is 11.5 Å². The maximum Gasteiger partial charge on any atom is 0.293 e. The van der Waals surface area contributed by atoms with Crippen molar-refractivity contribution in [3.63, 3.8) is 0 Å². The molecular formula is C15H18N4O2. The van der Waals surface area contributed by atoms with Gasteiger partial charge in [0.25, 0.3) is 5.56 Å². The monoisotopic (exact) mass is 286 g/mol. The fraction of sp³-hybridized carbons (Fsp3) is 0.333. The molecule has 1 aromatic carbocycles. The molecule has 1 aromatic heterocycles. The van der Waals surface area contributed by atoms with E-state index in [-0.39, 0.29) is 5.56 Å². The molecule has 6 nitrogen and oxygen atoms in total. The van der Waals surface area contributed by atoms with E-state index in [1.54, 1.807) is 29.1 Å². The third-order valence-electron chi connectivity index (χ3n) is 3.33. The number of hydrogen-bond acceptors (Lipinski definition) is 5. The lowest BCUT2D eigenvalue weighted by molar-refractivity contribution is 0.333. The summed E-state index contributed by atoms with van der Waals surface area (Å²) in [6.45, 7) is 0.939. The number of ether oxygens (including phenoxy) is 1. The Hall–Kier alpha value is -2.50. The van der Waals surface area contributed by atoms with Gasteiger partial charge in [0.1, 0.15) is 12.4 Å². The van der Waals surface area contributed by atoms with Crippen LogP contribution in [0.15, 0.2) is 41.5 Å². The molecule has 0 unspecified atom stereocenters. The number of rotatable bonds is 6.